The van der Waals surface area contributed by atoms with Gasteiger partial charge in [0.05, 0.1) is 10.2 Å². The molecule has 0 saturated carbocycles. The molecule has 0 saturated heterocycles. The number of thiazole rings is 1. The van der Waals surface area contributed by atoms with Crippen LogP contribution in [0.15, 0.2) is 54.6 Å². The van der Waals surface area contributed by atoms with Gasteiger partial charge in [0.1, 0.15) is 0 Å². The molecule has 1 N–H and O–H groups in total. The van der Waals surface area contributed by atoms with E-state index in [2.05, 4.69) is 40.6 Å². The van der Waals surface area contributed by atoms with E-state index in [1.54, 1.807) is 11.3 Å². The van der Waals surface area contributed by atoms with Gasteiger partial charge in [0.15, 0.2) is 5.13 Å². The van der Waals surface area contributed by atoms with Crippen LogP contribution in [0.1, 0.15) is 5.56 Å². The summed E-state index contributed by atoms with van der Waals surface area (Å²) in [4.78, 5) is 4.54. The van der Waals surface area contributed by atoms with E-state index < -0.39 is 0 Å². The Bertz CT molecular complexity index is 583. The zero-order valence-corrected chi connectivity index (χ0v) is 10.1. The number of hydrogen-bond donors (Lipinski definition) is 1. The van der Waals surface area contributed by atoms with Crippen LogP contribution in [0.25, 0.3) is 10.2 Å². The predicted octanol–water partition coefficient (Wildman–Crippen LogP) is 3.91. The van der Waals surface area contributed by atoms with Crippen LogP contribution in [-0.2, 0) is 6.54 Å². The number of nitrogens with one attached hydrogen (secondary N) is 1. The number of aromatic nitrogens is 1. The van der Waals surface area contributed by atoms with Gasteiger partial charge in [-0.3, -0.25) is 0 Å². The van der Waals surface area contributed by atoms with Gasteiger partial charge in [-0.1, -0.05) is 53.8 Å². The van der Waals surface area contributed by atoms with Gasteiger partial charge in [0, 0.05) is 6.54 Å². The molecule has 17 heavy (non-hydrogen) atoms. The summed E-state index contributed by atoms with van der Waals surface area (Å²) < 4.78 is 1.23. The number of hydrogen-bond acceptors (Lipinski definition) is 3. The quantitative estimate of drug-likeness (QED) is 0.750. The minimum Gasteiger partial charge on any atom is -0.357 e. The Hall–Kier alpha value is -1.87. The summed E-state index contributed by atoms with van der Waals surface area (Å²) in [5.41, 5.74) is 2.33. The number of anilines is 1. The minimum atomic E-state index is 0.820. The fraction of sp³-hybridized carbons (Fsp3) is 0.0714. The topological polar surface area (TPSA) is 24.9 Å². The standard InChI is InChI=1S/C14H12N2S/c1-2-6-11(7-3-1)10-15-14-16-12-8-4-5-9-13(12)17-14/h1-9H,10H2,(H,15,16). The number of rotatable bonds is 3. The molecule has 0 unspecified atom stereocenters. The van der Waals surface area contributed by atoms with Gasteiger partial charge in [0.2, 0.25) is 0 Å². The largest absolute Gasteiger partial charge is 0.357 e. The molecule has 0 fully saturated rings. The smallest absolute Gasteiger partial charge is 0.184 e. The van der Waals surface area contributed by atoms with Crippen molar-refractivity contribution < 1.29 is 0 Å². The Morgan fingerprint density at radius 1 is 0.941 bits per heavy atom. The van der Waals surface area contributed by atoms with E-state index in [-0.39, 0.29) is 0 Å². The lowest BCUT2D eigenvalue weighted by Crippen LogP contribution is -1.97. The maximum Gasteiger partial charge on any atom is 0.184 e. The molecule has 1 heterocycles. The molecule has 0 atom stereocenters. The van der Waals surface area contributed by atoms with Crippen LogP contribution >= 0.6 is 11.3 Å². The van der Waals surface area contributed by atoms with Crippen molar-refractivity contribution in [3.63, 3.8) is 0 Å². The first-order valence-corrected chi connectivity index (χ1v) is 6.37. The molecule has 0 spiro atoms. The first kappa shape index (κ1) is 10.3. The minimum absolute atomic E-state index is 0.820. The lowest BCUT2D eigenvalue weighted by Gasteiger charge is -2.01. The highest BCUT2D eigenvalue weighted by atomic mass is 32.1. The van der Waals surface area contributed by atoms with Crippen molar-refractivity contribution >= 4 is 26.7 Å². The van der Waals surface area contributed by atoms with Crippen LogP contribution in [0, 0.1) is 0 Å². The molecule has 0 aliphatic rings. The second kappa shape index (κ2) is 4.55. The zero-order valence-electron chi connectivity index (χ0n) is 9.26. The Morgan fingerprint density at radius 2 is 1.71 bits per heavy atom. The first-order valence-electron chi connectivity index (χ1n) is 5.55. The lowest BCUT2D eigenvalue weighted by molar-refractivity contribution is 1.14. The maximum atomic E-state index is 4.54. The van der Waals surface area contributed by atoms with Crippen molar-refractivity contribution in [2.24, 2.45) is 0 Å². The summed E-state index contributed by atoms with van der Waals surface area (Å²) in [5.74, 6) is 0. The molecule has 84 valence electrons. The van der Waals surface area contributed by atoms with Crippen molar-refractivity contribution in [2.45, 2.75) is 6.54 Å². The van der Waals surface area contributed by atoms with Crippen LogP contribution in [0.2, 0.25) is 0 Å². The molecular formula is C14H12N2S. The molecule has 3 aromatic rings. The SMILES string of the molecule is c1ccc(CNc2nc3ccccc3s2)cc1. The van der Waals surface area contributed by atoms with Crippen molar-refractivity contribution in [1.29, 1.82) is 0 Å². The highest BCUT2D eigenvalue weighted by molar-refractivity contribution is 7.22. The number of fused-ring (bicyclic) bond motifs is 1. The van der Waals surface area contributed by atoms with Crippen LogP contribution in [0.3, 0.4) is 0 Å². The van der Waals surface area contributed by atoms with E-state index in [9.17, 15) is 0 Å². The summed E-state index contributed by atoms with van der Waals surface area (Å²) in [5, 5.41) is 4.34. The van der Waals surface area contributed by atoms with Gasteiger partial charge in [-0.15, -0.1) is 0 Å². The van der Waals surface area contributed by atoms with E-state index >= 15 is 0 Å². The van der Waals surface area contributed by atoms with Crippen LogP contribution in [-0.4, -0.2) is 4.98 Å². The average molecular weight is 240 g/mol. The molecule has 0 amide bonds. The average Bonchev–Trinajstić information content (AvgIpc) is 2.80. The normalized spacial score (nSPS) is 10.6. The van der Waals surface area contributed by atoms with Crippen LogP contribution < -0.4 is 5.32 Å². The molecule has 0 radical (unpaired) electrons. The molecule has 3 rings (SSSR count). The molecule has 1 aromatic heterocycles. The Kier molecular flexibility index (Phi) is 2.76. The summed E-state index contributed by atoms with van der Waals surface area (Å²) in [6.07, 6.45) is 0. The molecular weight excluding hydrogens is 228 g/mol. The monoisotopic (exact) mass is 240 g/mol. The summed E-state index contributed by atoms with van der Waals surface area (Å²) in [6.45, 7) is 0.820. The zero-order chi connectivity index (χ0) is 11.5. The number of para-hydroxylation sites is 1. The lowest BCUT2D eigenvalue weighted by atomic mass is 10.2. The van der Waals surface area contributed by atoms with Gasteiger partial charge < -0.3 is 5.32 Å². The molecule has 0 aliphatic heterocycles. The third-order valence-electron chi connectivity index (χ3n) is 2.58. The second-order valence-corrected chi connectivity index (χ2v) is 4.86. The van der Waals surface area contributed by atoms with Gasteiger partial charge in [-0.2, -0.15) is 0 Å². The third-order valence-corrected chi connectivity index (χ3v) is 3.57. The molecule has 2 nitrogen and oxygen atoms in total. The molecule has 2 aromatic carbocycles. The van der Waals surface area contributed by atoms with E-state index in [0.717, 1.165) is 17.2 Å². The van der Waals surface area contributed by atoms with E-state index in [1.807, 2.05) is 24.3 Å². The molecule has 0 aliphatic carbocycles. The van der Waals surface area contributed by atoms with Gasteiger partial charge in [0.25, 0.3) is 0 Å². The van der Waals surface area contributed by atoms with Gasteiger partial charge in [-0.05, 0) is 17.7 Å². The van der Waals surface area contributed by atoms with E-state index in [1.165, 1.54) is 10.3 Å². The van der Waals surface area contributed by atoms with Gasteiger partial charge in [-0.25, -0.2) is 4.98 Å². The fourth-order valence-corrected chi connectivity index (χ4v) is 2.58. The van der Waals surface area contributed by atoms with Crippen LogP contribution in [0.4, 0.5) is 5.13 Å². The molecule has 3 heteroatoms. The Labute approximate surface area is 104 Å². The van der Waals surface area contributed by atoms with Crippen molar-refractivity contribution in [3.05, 3.63) is 60.2 Å². The summed E-state index contributed by atoms with van der Waals surface area (Å²) in [7, 11) is 0. The van der Waals surface area contributed by atoms with Gasteiger partial charge >= 0.3 is 0 Å². The number of nitrogens with zero attached hydrogens (tertiary/aromatic N) is 1. The van der Waals surface area contributed by atoms with Crippen molar-refractivity contribution in [2.75, 3.05) is 5.32 Å². The fourth-order valence-electron chi connectivity index (χ4n) is 1.72. The predicted molar refractivity (Wildman–Crippen MR) is 73.4 cm³/mol. The Morgan fingerprint density at radius 3 is 2.53 bits per heavy atom. The first-order chi connectivity index (χ1) is 8.42. The highest BCUT2D eigenvalue weighted by Gasteiger charge is 2.01. The molecule has 0 bridgehead atoms. The van der Waals surface area contributed by atoms with Crippen molar-refractivity contribution in [1.82, 2.24) is 4.98 Å². The number of benzene rings is 2. The maximum absolute atomic E-state index is 4.54. The third kappa shape index (κ3) is 2.29. The summed E-state index contributed by atoms with van der Waals surface area (Å²) in [6, 6.07) is 18.6. The summed E-state index contributed by atoms with van der Waals surface area (Å²) >= 11 is 1.69. The van der Waals surface area contributed by atoms with E-state index in [4.69, 9.17) is 0 Å². The van der Waals surface area contributed by atoms with Crippen LogP contribution in [0.5, 0.6) is 0 Å². The second-order valence-electron chi connectivity index (χ2n) is 3.83. The highest BCUT2D eigenvalue weighted by Crippen LogP contribution is 2.25. The van der Waals surface area contributed by atoms with Crippen molar-refractivity contribution in [3.8, 4) is 0 Å². The Balaban J connectivity index is 1.77. The van der Waals surface area contributed by atoms with E-state index in [0.29, 0.717) is 0 Å².